The summed E-state index contributed by atoms with van der Waals surface area (Å²) < 4.78 is 1.87. The molecule has 3 nitrogen and oxygen atoms in total. The first-order chi connectivity index (χ1) is 8.15. The molecule has 2 rings (SSSR count). The Hall–Kier alpha value is -0.830. The molecule has 0 spiro atoms. The summed E-state index contributed by atoms with van der Waals surface area (Å²) in [6, 6.07) is 0.410. The third kappa shape index (κ3) is 2.89. The lowest BCUT2D eigenvalue weighted by Gasteiger charge is -2.29. The number of aryl methyl sites for hydroxylation is 1. The molecule has 1 aliphatic carbocycles. The number of nitrogens with zero attached hydrogens (tertiary/aromatic N) is 2. The second-order valence-electron chi connectivity index (χ2n) is 5.61. The molecule has 0 radical (unpaired) electrons. The van der Waals surface area contributed by atoms with Gasteiger partial charge in [-0.3, -0.25) is 4.68 Å². The van der Waals surface area contributed by atoms with Gasteiger partial charge in [-0.2, -0.15) is 5.10 Å². The summed E-state index contributed by atoms with van der Waals surface area (Å²) in [5, 5.41) is 7.92. The zero-order valence-corrected chi connectivity index (χ0v) is 11.4. The molecule has 1 aromatic rings. The van der Waals surface area contributed by atoms with Crippen LogP contribution in [0.5, 0.6) is 0 Å². The summed E-state index contributed by atoms with van der Waals surface area (Å²) in [6.07, 6.45) is 11.0. The smallest absolute Gasteiger partial charge is 0.0537 e. The van der Waals surface area contributed by atoms with Crippen molar-refractivity contribution in [2.24, 2.45) is 12.5 Å². The predicted octanol–water partition coefficient (Wildman–Crippen LogP) is 3.04. The Morgan fingerprint density at radius 2 is 2.18 bits per heavy atom. The largest absolute Gasteiger partial charge is 0.310 e. The van der Waals surface area contributed by atoms with Gasteiger partial charge >= 0.3 is 0 Å². The SMILES string of the molecule is CCC1(CNC(C)c2cnn(C)c2)CCCC1. The van der Waals surface area contributed by atoms with Crippen LogP contribution in [0.3, 0.4) is 0 Å². The summed E-state index contributed by atoms with van der Waals surface area (Å²) in [4.78, 5) is 0. The minimum absolute atomic E-state index is 0.410. The van der Waals surface area contributed by atoms with Crippen molar-refractivity contribution in [3.63, 3.8) is 0 Å². The zero-order valence-electron chi connectivity index (χ0n) is 11.4. The van der Waals surface area contributed by atoms with Gasteiger partial charge < -0.3 is 5.32 Å². The van der Waals surface area contributed by atoms with Crippen LogP contribution in [0.4, 0.5) is 0 Å². The molecule has 3 heteroatoms. The first kappa shape index (κ1) is 12.6. The van der Waals surface area contributed by atoms with E-state index < -0.39 is 0 Å². The molecular formula is C14H25N3. The van der Waals surface area contributed by atoms with Gasteiger partial charge in [0.15, 0.2) is 0 Å². The molecule has 1 heterocycles. The first-order valence-electron chi connectivity index (χ1n) is 6.87. The Morgan fingerprint density at radius 1 is 1.47 bits per heavy atom. The Labute approximate surface area is 105 Å². The first-order valence-corrected chi connectivity index (χ1v) is 6.87. The summed E-state index contributed by atoms with van der Waals surface area (Å²) in [5.74, 6) is 0. The fourth-order valence-corrected chi connectivity index (χ4v) is 2.93. The quantitative estimate of drug-likeness (QED) is 0.850. The molecule has 0 bridgehead atoms. The monoisotopic (exact) mass is 235 g/mol. The van der Waals surface area contributed by atoms with E-state index in [2.05, 4.69) is 30.5 Å². The molecule has 1 aromatic heterocycles. The number of nitrogens with one attached hydrogen (secondary N) is 1. The fraction of sp³-hybridized carbons (Fsp3) is 0.786. The number of hydrogen-bond donors (Lipinski definition) is 1. The molecule has 0 aromatic carbocycles. The van der Waals surface area contributed by atoms with Gasteiger partial charge in [0.1, 0.15) is 0 Å². The standard InChI is InChI=1S/C14H25N3/c1-4-14(7-5-6-8-14)11-15-12(2)13-9-16-17(3)10-13/h9-10,12,15H,4-8,11H2,1-3H3. The molecule has 1 saturated carbocycles. The molecule has 1 aliphatic rings. The second kappa shape index (κ2) is 5.21. The van der Waals surface area contributed by atoms with E-state index in [9.17, 15) is 0 Å². The van der Waals surface area contributed by atoms with Crippen molar-refractivity contribution in [1.29, 1.82) is 0 Å². The molecule has 0 amide bonds. The molecular weight excluding hydrogens is 210 g/mol. The number of hydrogen-bond acceptors (Lipinski definition) is 2. The second-order valence-corrected chi connectivity index (χ2v) is 5.61. The van der Waals surface area contributed by atoms with Crippen molar-refractivity contribution in [3.8, 4) is 0 Å². The minimum atomic E-state index is 0.410. The van der Waals surface area contributed by atoms with E-state index in [1.54, 1.807) is 0 Å². The molecule has 1 unspecified atom stereocenters. The van der Waals surface area contributed by atoms with Crippen LogP contribution in [0.15, 0.2) is 12.4 Å². The fourth-order valence-electron chi connectivity index (χ4n) is 2.93. The van der Waals surface area contributed by atoms with E-state index in [1.807, 2.05) is 17.9 Å². The van der Waals surface area contributed by atoms with Gasteiger partial charge in [0.05, 0.1) is 6.20 Å². The number of aromatic nitrogens is 2. The lowest BCUT2D eigenvalue weighted by atomic mass is 9.83. The average molecular weight is 235 g/mol. The van der Waals surface area contributed by atoms with Crippen LogP contribution in [-0.2, 0) is 7.05 Å². The highest BCUT2D eigenvalue weighted by Crippen LogP contribution is 2.40. The van der Waals surface area contributed by atoms with Gasteiger partial charge in [-0.15, -0.1) is 0 Å². The third-order valence-corrected chi connectivity index (χ3v) is 4.42. The predicted molar refractivity (Wildman–Crippen MR) is 70.8 cm³/mol. The van der Waals surface area contributed by atoms with Gasteiger partial charge in [0.2, 0.25) is 0 Å². The van der Waals surface area contributed by atoms with E-state index in [0.717, 1.165) is 6.54 Å². The Bertz CT molecular complexity index is 350. The van der Waals surface area contributed by atoms with E-state index in [0.29, 0.717) is 11.5 Å². The van der Waals surface area contributed by atoms with Crippen LogP contribution in [0.1, 0.15) is 57.6 Å². The number of rotatable bonds is 5. The summed E-state index contributed by atoms with van der Waals surface area (Å²) in [6.45, 7) is 5.72. The molecule has 1 fully saturated rings. The van der Waals surface area contributed by atoms with Gasteiger partial charge in [0.25, 0.3) is 0 Å². The van der Waals surface area contributed by atoms with Gasteiger partial charge in [0, 0.05) is 31.4 Å². The highest BCUT2D eigenvalue weighted by molar-refractivity contribution is 5.09. The molecule has 1 atom stereocenters. The maximum absolute atomic E-state index is 4.23. The Kier molecular flexibility index (Phi) is 3.87. The maximum Gasteiger partial charge on any atom is 0.0537 e. The van der Waals surface area contributed by atoms with Crippen molar-refractivity contribution >= 4 is 0 Å². The Balaban J connectivity index is 1.89. The lowest BCUT2D eigenvalue weighted by molar-refractivity contribution is 0.259. The van der Waals surface area contributed by atoms with Crippen LogP contribution in [0.25, 0.3) is 0 Å². The highest BCUT2D eigenvalue weighted by atomic mass is 15.2. The summed E-state index contributed by atoms with van der Waals surface area (Å²) in [5.41, 5.74) is 1.85. The van der Waals surface area contributed by atoms with E-state index >= 15 is 0 Å². The van der Waals surface area contributed by atoms with Gasteiger partial charge in [-0.1, -0.05) is 19.8 Å². The lowest BCUT2D eigenvalue weighted by Crippen LogP contribution is -2.33. The van der Waals surface area contributed by atoms with Crippen molar-refractivity contribution in [1.82, 2.24) is 15.1 Å². The molecule has 1 N–H and O–H groups in total. The van der Waals surface area contributed by atoms with E-state index in [1.165, 1.54) is 37.7 Å². The highest BCUT2D eigenvalue weighted by Gasteiger charge is 2.31. The van der Waals surface area contributed by atoms with Crippen molar-refractivity contribution in [2.75, 3.05) is 6.54 Å². The molecule has 17 heavy (non-hydrogen) atoms. The van der Waals surface area contributed by atoms with Gasteiger partial charge in [-0.25, -0.2) is 0 Å². The topological polar surface area (TPSA) is 29.9 Å². The molecule has 0 saturated heterocycles. The van der Waals surface area contributed by atoms with Crippen LogP contribution in [-0.4, -0.2) is 16.3 Å². The normalized spacial score (nSPS) is 20.6. The third-order valence-electron chi connectivity index (χ3n) is 4.42. The Morgan fingerprint density at radius 3 is 2.71 bits per heavy atom. The van der Waals surface area contributed by atoms with Crippen molar-refractivity contribution in [2.45, 2.75) is 52.0 Å². The average Bonchev–Trinajstić information content (AvgIpc) is 2.95. The minimum Gasteiger partial charge on any atom is -0.310 e. The van der Waals surface area contributed by atoms with Gasteiger partial charge in [-0.05, 0) is 31.6 Å². The molecule has 96 valence electrons. The molecule has 0 aliphatic heterocycles. The maximum atomic E-state index is 4.23. The van der Waals surface area contributed by atoms with Crippen LogP contribution < -0.4 is 5.32 Å². The van der Waals surface area contributed by atoms with Crippen LogP contribution >= 0.6 is 0 Å². The van der Waals surface area contributed by atoms with Crippen LogP contribution in [0.2, 0.25) is 0 Å². The van der Waals surface area contributed by atoms with Crippen molar-refractivity contribution < 1.29 is 0 Å². The van der Waals surface area contributed by atoms with Crippen LogP contribution in [0, 0.1) is 5.41 Å². The summed E-state index contributed by atoms with van der Waals surface area (Å²) >= 11 is 0. The zero-order chi connectivity index (χ0) is 12.3. The van der Waals surface area contributed by atoms with E-state index in [4.69, 9.17) is 0 Å². The van der Waals surface area contributed by atoms with Crippen molar-refractivity contribution in [3.05, 3.63) is 18.0 Å². The van der Waals surface area contributed by atoms with E-state index in [-0.39, 0.29) is 0 Å². The summed E-state index contributed by atoms with van der Waals surface area (Å²) in [7, 11) is 1.97.